The molecule has 1 unspecified atom stereocenters. The van der Waals surface area contributed by atoms with E-state index in [9.17, 15) is 14.7 Å². The number of benzene rings is 1. The van der Waals surface area contributed by atoms with Crippen molar-refractivity contribution in [2.45, 2.75) is 25.5 Å². The van der Waals surface area contributed by atoms with Crippen LogP contribution in [0.25, 0.3) is 0 Å². The van der Waals surface area contributed by atoms with Crippen LogP contribution in [0.5, 0.6) is 0 Å². The number of urea groups is 1. The smallest absolute Gasteiger partial charge is 0.321 e. The first-order valence-corrected chi connectivity index (χ1v) is 9.17. The number of rotatable bonds is 6. The lowest BCUT2D eigenvalue weighted by atomic mass is 9.87. The van der Waals surface area contributed by atoms with Crippen LogP contribution in [-0.2, 0) is 11.3 Å². The van der Waals surface area contributed by atoms with Crippen LogP contribution in [0.1, 0.15) is 30.3 Å². The third kappa shape index (κ3) is 5.67. The summed E-state index contributed by atoms with van der Waals surface area (Å²) >= 11 is 0. The van der Waals surface area contributed by atoms with E-state index >= 15 is 0 Å². The number of hydrogen-bond acceptors (Lipinski definition) is 5. The van der Waals surface area contributed by atoms with Crippen LogP contribution in [-0.4, -0.2) is 41.6 Å². The molecule has 3 rings (SSSR count). The largest absolute Gasteiger partial charge is 0.467 e. The number of likely N-dealkylation sites (tertiary alicyclic amines) is 1. The van der Waals surface area contributed by atoms with E-state index in [-0.39, 0.29) is 24.9 Å². The lowest BCUT2D eigenvalue weighted by Gasteiger charge is -2.33. The molecule has 2 heterocycles. The zero-order chi connectivity index (χ0) is 19.1. The van der Waals surface area contributed by atoms with Crippen LogP contribution >= 0.6 is 0 Å². The number of carbonyl (C=O) groups is 2. The van der Waals surface area contributed by atoms with E-state index in [1.54, 1.807) is 12.1 Å². The maximum absolute atomic E-state index is 12.0. The second-order valence-corrected chi connectivity index (χ2v) is 6.78. The van der Waals surface area contributed by atoms with Gasteiger partial charge in [0.2, 0.25) is 5.91 Å². The summed E-state index contributed by atoms with van der Waals surface area (Å²) < 4.78 is 5.12. The zero-order valence-electron chi connectivity index (χ0n) is 15.1. The summed E-state index contributed by atoms with van der Waals surface area (Å²) in [4.78, 5) is 25.8. The van der Waals surface area contributed by atoms with Gasteiger partial charge in [0.05, 0.1) is 25.5 Å². The first-order chi connectivity index (χ1) is 13.1. The van der Waals surface area contributed by atoms with E-state index in [0.29, 0.717) is 5.76 Å². The van der Waals surface area contributed by atoms with Crippen molar-refractivity contribution in [2.75, 3.05) is 19.6 Å². The number of aliphatic hydroxyl groups excluding tert-OH is 1. The van der Waals surface area contributed by atoms with Gasteiger partial charge in [-0.25, -0.2) is 4.79 Å². The normalized spacial score (nSPS) is 16.6. The molecular weight excluding hydrogens is 346 g/mol. The SMILES string of the molecule is O=C(CN1CCC(C(O)c2ccccc2)CC1)NC(=O)NCc1ccco1. The molecule has 1 fully saturated rings. The monoisotopic (exact) mass is 371 g/mol. The molecule has 0 aliphatic carbocycles. The summed E-state index contributed by atoms with van der Waals surface area (Å²) in [5.74, 6) is 0.467. The zero-order valence-corrected chi connectivity index (χ0v) is 15.1. The van der Waals surface area contributed by atoms with Crippen molar-refractivity contribution in [3.05, 3.63) is 60.1 Å². The molecule has 1 aliphatic rings. The van der Waals surface area contributed by atoms with Crippen LogP contribution < -0.4 is 10.6 Å². The van der Waals surface area contributed by atoms with Crippen molar-refractivity contribution in [3.8, 4) is 0 Å². The van der Waals surface area contributed by atoms with Crippen LogP contribution in [0.4, 0.5) is 4.79 Å². The van der Waals surface area contributed by atoms with Gasteiger partial charge in [0.25, 0.3) is 0 Å². The summed E-state index contributed by atoms with van der Waals surface area (Å²) in [6.07, 6.45) is 2.68. The number of hydrogen-bond donors (Lipinski definition) is 3. The maximum atomic E-state index is 12.0. The highest BCUT2D eigenvalue weighted by atomic mass is 16.3. The van der Waals surface area contributed by atoms with E-state index in [1.165, 1.54) is 6.26 Å². The molecule has 27 heavy (non-hydrogen) atoms. The predicted octanol–water partition coefficient (Wildman–Crippen LogP) is 2.05. The number of imide groups is 1. The highest BCUT2D eigenvalue weighted by Gasteiger charge is 2.27. The quantitative estimate of drug-likeness (QED) is 0.722. The first-order valence-electron chi connectivity index (χ1n) is 9.17. The molecule has 1 aromatic heterocycles. The number of nitrogens with zero attached hydrogens (tertiary/aromatic N) is 1. The Bertz CT molecular complexity index is 725. The van der Waals surface area contributed by atoms with Gasteiger partial charge in [0.1, 0.15) is 5.76 Å². The molecule has 0 radical (unpaired) electrons. The first kappa shape index (κ1) is 19.1. The third-order valence-corrected chi connectivity index (χ3v) is 4.84. The Morgan fingerprint density at radius 1 is 1.15 bits per heavy atom. The summed E-state index contributed by atoms with van der Waals surface area (Å²) in [7, 11) is 0. The van der Waals surface area contributed by atoms with E-state index in [2.05, 4.69) is 10.6 Å². The average Bonchev–Trinajstić information content (AvgIpc) is 3.21. The van der Waals surface area contributed by atoms with E-state index in [0.717, 1.165) is 31.5 Å². The van der Waals surface area contributed by atoms with Crippen molar-refractivity contribution in [1.29, 1.82) is 0 Å². The Labute approximate surface area is 158 Å². The molecule has 0 saturated carbocycles. The van der Waals surface area contributed by atoms with Gasteiger partial charge < -0.3 is 14.8 Å². The van der Waals surface area contributed by atoms with Crippen LogP contribution in [0.2, 0.25) is 0 Å². The molecule has 1 atom stereocenters. The Morgan fingerprint density at radius 2 is 1.89 bits per heavy atom. The minimum absolute atomic E-state index is 0.169. The van der Waals surface area contributed by atoms with Crippen molar-refractivity contribution in [2.24, 2.45) is 5.92 Å². The molecule has 1 aliphatic heterocycles. The van der Waals surface area contributed by atoms with Gasteiger partial charge >= 0.3 is 6.03 Å². The van der Waals surface area contributed by atoms with Crippen LogP contribution in [0.3, 0.4) is 0 Å². The number of aliphatic hydroxyl groups is 1. The maximum Gasteiger partial charge on any atom is 0.321 e. The molecule has 2 aromatic rings. The second-order valence-electron chi connectivity index (χ2n) is 6.78. The van der Waals surface area contributed by atoms with Crippen molar-refractivity contribution in [1.82, 2.24) is 15.5 Å². The highest BCUT2D eigenvalue weighted by molar-refractivity contribution is 5.95. The summed E-state index contributed by atoms with van der Waals surface area (Å²) in [6, 6.07) is 12.6. The van der Waals surface area contributed by atoms with Gasteiger partial charge in [-0.3, -0.25) is 15.0 Å². The van der Waals surface area contributed by atoms with E-state index in [4.69, 9.17) is 4.42 Å². The Balaban J connectivity index is 1.37. The van der Waals surface area contributed by atoms with Crippen LogP contribution in [0.15, 0.2) is 53.1 Å². The third-order valence-electron chi connectivity index (χ3n) is 4.84. The van der Waals surface area contributed by atoms with Crippen molar-refractivity contribution >= 4 is 11.9 Å². The lowest BCUT2D eigenvalue weighted by molar-refractivity contribution is -0.121. The summed E-state index contributed by atoms with van der Waals surface area (Å²) in [5, 5.41) is 15.4. The van der Waals surface area contributed by atoms with Gasteiger partial charge in [0.15, 0.2) is 0 Å². The lowest BCUT2D eigenvalue weighted by Crippen LogP contribution is -2.46. The fourth-order valence-electron chi connectivity index (χ4n) is 3.34. The Kier molecular flexibility index (Phi) is 6.62. The van der Waals surface area contributed by atoms with Gasteiger partial charge in [0, 0.05) is 0 Å². The number of furan rings is 1. The second kappa shape index (κ2) is 9.34. The fourth-order valence-corrected chi connectivity index (χ4v) is 3.34. The number of nitrogens with one attached hydrogen (secondary N) is 2. The topological polar surface area (TPSA) is 94.8 Å². The molecule has 1 aromatic carbocycles. The van der Waals surface area contributed by atoms with Crippen LogP contribution in [0, 0.1) is 5.92 Å². The summed E-state index contributed by atoms with van der Waals surface area (Å²) in [6.45, 7) is 1.84. The van der Waals surface area contributed by atoms with Gasteiger partial charge in [-0.15, -0.1) is 0 Å². The molecule has 0 spiro atoms. The Morgan fingerprint density at radius 3 is 2.56 bits per heavy atom. The van der Waals surface area contributed by atoms with E-state index < -0.39 is 12.1 Å². The molecule has 3 N–H and O–H groups in total. The molecule has 7 heteroatoms. The molecule has 1 saturated heterocycles. The van der Waals surface area contributed by atoms with Crippen molar-refractivity contribution < 1.29 is 19.1 Å². The van der Waals surface area contributed by atoms with Gasteiger partial charge in [-0.2, -0.15) is 0 Å². The molecule has 144 valence electrons. The number of carbonyl (C=O) groups excluding carboxylic acids is 2. The standard InChI is InChI=1S/C20H25N3O4/c24-18(22-20(26)21-13-17-7-4-12-27-17)14-23-10-8-16(9-11-23)19(25)15-5-2-1-3-6-15/h1-7,12,16,19,25H,8-11,13-14H2,(H2,21,22,24,26). The minimum Gasteiger partial charge on any atom is -0.467 e. The number of amides is 3. The summed E-state index contributed by atoms with van der Waals surface area (Å²) in [5.41, 5.74) is 0.932. The number of piperidine rings is 1. The molecule has 7 nitrogen and oxygen atoms in total. The van der Waals surface area contributed by atoms with Crippen molar-refractivity contribution in [3.63, 3.8) is 0 Å². The average molecular weight is 371 g/mol. The molecular formula is C20H25N3O4. The van der Waals surface area contributed by atoms with E-state index in [1.807, 2.05) is 35.2 Å². The van der Waals surface area contributed by atoms with Gasteiger partial charge in [-0.05, 0) is 49.5 Å². The Hall–Kier alpha value is -2.64. The van der Waals surface area contributed by atoms with Gasteiger partial charge in [-0.1, -0.05) is 30.3 Å². The molecule has 3 amide bonds. The predicted molar refractivity (Wildman–Crippen MR) is 99.7 cm³/mol. The highest BCUT2D eigenvalue weighted by Crippen LogP contribution is 2.30. The minimum atomic E-state index is -0.536. The fraction of sp³-hybridized carbons (Fsp3) is 0.400. The molecule has 0 bridgehead atoms.